The molecule has 0 unspecified atom stereocenters. The molecule has 1 aliphatic heterocycles. The first-order valence-corrected chi connectivity index (χ1v) is 4.50. The van der Waals surface area contributed by atoms with Crippen molar-refractivity contribution in [3.63, 3.8) is 0 Å². The van der Waals surface area contributed by atoms with Gasteiger partial charge in [-0.3, -0.25) is 9.59 Å². The summed E-state index contributed by atoms with van der Waals surface area (Å²) >= 11 is 0. The molecule has 0 aliphatic carbocycles. The Labute approximate surface area is 96.1 Å². The number of benzene rings is 1. The molecule has 0 fully saturated rings. The van der Waals surface area contributed by atoms with Gasteiger partial charge in [-0.15, -0.1) is 12.4 Å². The van der Waals surface area contributed by atoms with Crippen molar-refractivity contribution < 1.29 is 9.59 Å². The van der Waals surface area contributed by atoms with E-state index in [0.29, 0.717) is 10.6 Å². The fourth-order valence-electron chi connectivity index (χ4n) is 1.74. The molecule has 1 aromatic carbocycles. The van der Waals surface area contributed by atoms with Gasteiger partial charge in [0, 0.05) is 28.4 Å². The number of nitrogens with one attached hydrogen (secondary N) is 1. The van der Waals surface area contributed by atoms with Crippen molar-refractivity contribution in [2.45, 2.75) is 0 Å². The normalized spacial score (nSPS) is 13.8. The SMILES string of the molecule is Cl.O=C1C=c2ccc3[nH]ccc3c2=NC1=O. The summed E-state index contributed by atoms with van der Waals surface area (Å²) in [7, 11) is 0. The number of ketones is 1. The van der Waals surface area contributed by atoms with E-state index < -0.39 is 11.7 Å². The number of hydrogen-bond donors (Lipinski definition) is 1. The van der Waals surface area contributed by atoms with Gasteiger partial charge in [0.05, 0.1) is 5.36 Å². The van der Waals surface area contributed by atoms with Crippen LogP contribution in [0.5, 0.6) is 0 Å². The third-order valence-corrected chi connectivity index (χ3v) is 2.45. The number of nitrogens with zero attached hydrogens (tertiary/aromatic N) is 1. The molecule has 16 heavy (non-hydrogen) atoms. The Kier molecular flexibility index (Phi) is 2.36. The predicted octanol–water partition coefficient (Wildman–Crippen LogP) is 0.0991. The van der Waals surface area contributed by atoms with E-state index in [0.717, 1.165) is 10.9 Å². The van der Waals surface area contributed by atoms with Crippen molar-refractivity contribution in [1.29, 1.82) is 0 Å². The summed E-state index contributed by atoms with van der Waals surface area (Å²) in [5, 5.41) is 2.15. The van der Waals surface area contributed by atoms with Crippen LogP contribution in [-0.2, 0) is 9.59 Å². The number of amides is 1. The minimum absolute atomic E-state index is 0. The second-order valence-electron chi connectivity index (χ2n) is 3.37. The predicted molar refractivity (Wildman–Crippen MR) is 60.8 cm³/mol. The van der Waals surface area contributed by atoms with Gasteiger partial charge in [0.2, 0.25) is 5.78 Å². The summed E-state index contributed by atoms with van der Waals surface area (Å²) in [6, 6.07) is 5.49. The van der Waals surface area contributed by atoms with E-state index in [1.165, 1.54) is 6.08 Å². The third-order valence-electron chi connectivity index (χ3n) is 2.45. The molecule has 0 saturated carbocycles. The van der Waals surface area contributed by atoms with Gasteiger partial charge in [0.25, 0.3) is 0 Å². The summed E-state index contributed by atoms with van der Waals surface area (Å²) in [4.78, 5) is 29.1. The van der Waals surface area contributed by atoms with Crippen molar-refractivity contribution in [3.8, 4) is 0 Å². The molecule has 0 atom stereocenters. The smallest absolute Gasteiger partial charge is 0.318 e. The number of carbonyl (C=O) groups is 2. The fraction of sp³-hybridized carbons (Fsp3) is 0. The molecule has 5 heteroatoms. The highest BCUT2D eigenvalue weighted by Gasteiger charge is 2.14. The molecule has 4 nitrogen and oxygen atoms in total. The number of carbonyl (C=O) groups excluding carboxylic acids is 2. The second kappa shape index (κ2) is 3.57. The first kappa shape index (κ1) is 10.6. The summed E-state index contributed by atoms with van der Waals surface area (Å²) in [5.74, 6) is -1.26. The highest BCUT2D eigenvalue weighted by Crippen LogP contribution is 2.04. The van der Waals surface area contributed by atoms with Crippen LogP contribution >= 0.6 is 12.4 Å². The van der Waals surface area contributed by atoms with Gasteiger partial charge in [-0.25, -0.2) is 4.99 Å². The second-order valence-corrected chi connectivity index (χ2v) is 3.37. The summed E-state index contributed by atoms with van der Waals surface area (Å²) in [6.07, 6.45) is 3.11. The molecule has 1 aliphatic rings. The maximum atomic E-state index is 11.2. The molecule has 0 radical (unpaired) electrons. The molecule has 1 aromatic heterocycles. The Morgan fingerprint density at radius 3 is 2.75 bits per heavy atom. The van der Waals surface area contributed by atoms with Crippen LogP contribution in [0.25, 0.3) is 17.0 Å². The van der Waals surface area contributed by atoms with Crippen LogP contribution in [0, 0.1) is 0 Å². The lowest BCUT2D eigenvalue weighted by atomic mass is 10.1. The van der Waals surface area contributed by atoms with Gasteiger partial charge in [-0.1, -0.05) is 6.07 Å². The minimum atomic E-state index is -0.698. The van der Waals surface area contributed by atoms with Crippen LogP contribution in [-0.4, -0.2) is 16.7 Å². The molecule has 2 aromatic rings. The van der Waals surface area contributed by atoms with Gasteiger partial charge in [-0.2, -0.15) is 0 Å². The lowest BCUT2D eigenvalue weighted by molar-refractivity contribution is -0.132. The van der Waals surface area contributed by atoms with Crippen molar-refractivity contribution in [1.82, 2.24) is 4.98 Å². The average molecular weight is 235 g/mol. The maximum absolute atomic E-state index is 11.2. The number of rotatable bonds is 0. The van der Waals surface area contributed by atoms with E-state index in [9.17, 15) is 9.59 Å². The molecular weight excluding hydrogens is 228 g/mol. The van der Waals surface area contributed by atoms with Crippen LogP contribution in [0.4, 0.5) is 0 Å². The number of halogens is 1. The van der Waals surface area contributed by atoms with E-state index in [-0.39, 0.29) is 12.4 Å². The zero-order chi connectivity index (χ0) is 10.4. The van der Waals surface area contributed by atoms with Crippen LogP contribution < -0.4 is 10.6 Å². The van der Waals surface area contributed by atoms with Crippen molar-refractivity contribution >= 4 is 41.1 Å². The number of hydrogen-bond acceptors (Lipinski definition) is 2. The van der Waals surface area contributed by atoms with Gasteiger partial charge in [0.1, 0.15) is 0 Å². The lowest BCUT2D eigenvalue weighted by Gasteiger charge is -1.98. The largest absolute Gasteiger partial charge is 0.361 e. The quantitative estimate of drug-likeness (QED) is 0.657. The maximum Gasteiger partial charge on any atom is 0.318 e. The van der Waals surface area contributed by atoms with Crippen molar-refractivity contribution in [2.75, 3.05) is 0 Å². The lowest BCUT2D eigenvalue weighted by Crippen LogP contribution is -2.34. The van der Waals surface area contributed by atoms with Crippen LogP contribution in [0.1, 0.15) is 0 Å². The molecular formula is C11H7ClN2O2. The number of aromatic nitrogens is 1. The van der Waals surface area contributed by atoms with E-state index in [2.05, 4.69) is 9.98 Å². The van der Waals surface area contributed by atoms with Crippen molar-refractivity contribution in [2.24, 2.45) is 4.99 Å². The van der Waals surface area contributed by atoms with Gasteiger partial charge >= 0.3 is 5.91 Å². The Bertz CT molecular complexity index is 715. The van der Waals surface area contributed by atoms with E-state index >= 15 is 0 Å². The van der Waals surface area contributed by atoms with Crippen LogP contribution in [0.2, 0.25) is 0 Å². The van der Waals surface area contributed by atoms with Gasteiger partial charge in [-0.05, 0) is 12.1 Å². The van der Waals surface area contributed by atoms with Gasteiger partial charge < -0.3 is 4.98 Å². The summed E-state index contributed by atoms with van der Waals surface area (Å²) < 4.78 is 0. The number of H-pyrrole nitrogens is 1. The van der Waals surface area contributed by atoms with E-state index in [1.807, 2.05) is 12.1 Å². The Morgan fingerprint density at radius 1 is 1.12 bits per heavy atom. The number of Topliss-reactive ketones (excluding diaryl/α,β-unsaturated/α-hetero) is 1. The van der Waals surface area contributed by atoms with Gasteiger partial charge in [0.15, 0.2) is 0 Å². The summed E-state index contributed by atoms with van der Waals surface area (Å²) in [5.41, 5.74) is 0.910. The molecule has 1 amide bonds. The Hall–Kier alpha value is -1.94. The molecule has 2 heterocycles. The standard InChI is InChI=1S/C11H6N2O2.ClH/c14-9-5-6-1-2-8-7(3-4-12-8)10(6)13-11(9)15;/h1-5,12H;1H. The molecule has 0 spiro atoms. The number of aromatic amines is 1. The topological polar surface area (TPSA) is 62.3 Å². The zero-order valence-electron chi connectivity index (χ0n) is 8.06. The highest BCUT2D eigenvalue weighted by molar-refractivity contribution is 6.48. The average Bonchev–Trinajstić information content (AvgIpc) is 2.68. The van der Waals surface area contributed by atoms with E-state index in [4.69, 9.17) is 0 Å². The molecule has 80 valence electrons. The molecule has 1 N–H and O–H groups in total. The molecule has 0 saturated heterocycles. The molecule has 3 rings (SSSR count). The van der Waals surface area contributed by atoms with Crippen LogP contribution in [0.15, 0.2) is 29.4 Å². The third kappa shape index (κ3) is 1.35. The highest BCUT2D eigenvalue weighted by atomic mass is 35.5. The Balaban J connectivity index is 0.000000963. The monoisotopic (exact) mass is 234 g/mol. The zero-order valence-corrected chi connectivity index (χ0v) is 8.88. The van der Waals surface area contributed by atoms with E-state index in [1.54, 1.807) is 12.3 Å². The first-order chi connectivity index (χ1) is 7.25. The number of fused-ring (bicyclic) bond motifs is 3. The Morgan fingerprint density at radius 2 is 1.94 bits per heavy atom. The minimum Gasteiger partial charge on any atom is -0.361 e. The fourth-order valence-corrected chi connectivity index (χ4v) is 1.74. The van der Waals surface area contributed by atoms with Crippen LogP contribution in [0.3, 0.4) is 0 Å². The molecule has 0 bridgehead atoms. The van der Waals surface area contributed by atoms with Crippen molar-refractivity contribution in [3.05, 3.63) is 35.0 Å². The summed E-state index contributed by atoms with van der Waals surface area (Å²) in [6.45, 7) is 0. The first-order valence-electron chi connectivity index (χ1n) is 4.50.